The van der Waals surface area contributed by atoms with Crippen LogP contribution in [0.15, 0.2) is 42.5 Å². The number of aliphatic hydroxyl groups is 1. The molecule has 0 spiro atoms. The number of likely N-dealkylation sites (tertiary alicyclic amines) is 1. The fourth-order valence-corrected chi connectivity index (χ4v) is 3.75. The molecule has 0 radical (unpaired) electrons. The summed E-state index contributed by atoms with van der Waals surface area (Å²) in [6.07, 6.45) is 2.63. The molecule has 1 aromatic heterocycles. The Bertz CT molecular complexity index is 759. The zero-order valence-electron chi connectivity index (χ0n) is 15.0. The maximum absolute atomic E-state index is 12.9. The van der Waals surface area contributed by atoms with Gasteiger partial charge in [-0.15, -0.1) is 0 Å². The summed E-state index contributed by atoms with van der Waals surface area (Å²) in [7, 11) is 0. The highest BCUT2D eigenvalue weighted by atomic mass is 16.3. The quantitative estimate of drug-likeness (QED) is 0.932. The van der Waals surface area contributed by atoms with Crippen molar-refractivity contribution in [3.8, 4) is 0 Å². The van der Waals surface area contributed by atoms with E-state index in [0.29, 0.717) is 12.2 Å². The lowest BCUT2D eigenvalue weighted by molar-refractivity contribution is 0.0267. The first-order valence-electron chi connectivity index (χ1n) is 8.91. The summed E-state index contributed by atoms with van der Waals surface area (Å²) >= 11 is 0. The number of carbonyl (C=O) groups is 1. The van der Waals surface area contributed by atoms with Gasteiger partial charge in [0.05, 0.1) is 6.61 Å². The SMILES string of the molecule is Cc1cccc(C(=O)N2CCC[C@@](CO)(Cc3ccccc3C)C2)n1. The van der Waals surface area contributed by atoms with Crippen molar-refractivity contribution in [1.82, 2.24) is 9.88 Å². The van der Waals surface area contributed by atoms with E-state index in [1.807, 2.05) is 36.1 Å². The number of carbonyl (C=O) groups excluding carboxylic acids is 1. The normalized spacial score (nSPS) is 20.5. The van der Waals surface area contributed by atoms with E-state index in [2.05, 4.69) is 24.0 Å². The lowest BCUT2D eigenvalue weighted by Gasteiger charge is -2.42. The van der Waals surface area contributed by atoms with E-state index in [1.54, 1.807) is 6.07 Å². The first-order chi connectivity index (χ1) is 12.0. The molecule has 4 heteroatoms. The largest absolute Gasteiger partial charge is 0.396 e. The van der Waals surface area contributed by atoms with E-state index in [9.17, 15) is 9.90 Å². The van der Waals surface area contributed by atoms with Gasteiger partial charge in [-0.3, -0.25) is 4.79 Å². The zero-order chi connectivity index (χ0) is 17.9. The van der Waals surface area contributed by atoms with Gasteiger partial charge in [0.25, 0.3) is 5.91 Å². The third-order valence-electron chi connectivity index (χ3n) is 5.22. The van der Waals surface area contributed by atoms with Crippen molar-refractivity contribution < 1.29 is 9.90 Å². The van der Waals surface area contributed by atoms with E-state index in [-0.39, 0.29) is 17.9 Å². The van der Waals surface area contributed by atoms with Crippen LogP contribution < -0.4 is 0 Å². The molecule has 1 aliphatic rings. The summed E-state index contributed by atoms with van der Waals surface area (Å²) < 4.78 is 0. The monoisotopic (exact) mass is 338 g/mol. The smallest absolute Gasteiger partial charge is 0.272 e. The van der Waals surface area contributed by atoms with Crippen LogP contribution in [0.3, 0.4) is 0 Å². The van der Waals surface area contributed by atoms with Gasteiger partial charge in [0.2, 0.25) is 0 Å². The standard InChI is InChI=1S/C21H26N2O2/c1-16-7-3-4-9-18(16)13-21(15-24)11-6-12-23(14-21)20(25)19-10-5-8-17(2)22-19/h3-5,7-10,24H,6,11-15H2,1-2H3/t21-/m1/s1. The minimum Gasteiger partial charge on any atom is -0.396 e. The van der Waals surface area contributed by atoms with Crippen LogP contribution in [0, 0.1) is 19.3 Å². The Balaban J connectivity index is 1.80. The molecule has 1 fully saturated rings. The van der Waals surface area contributed by atoms with E-state index in [0.717, 1.165) is 31.5 Å². The van der Waals surface area contributed by atoms with E-state index in [1.165, 1.54) is 11.1 Å². The van der Waals surface area contributed by atoms with E-state index >= 15 is 0 Å². The number of nitrogens with zero attached hydrogens (tertiary/aromatic N) is 2. The van der Waals surface area contributed by atoms with Crippen LogP contribution in [0.5, 0.6) is 0 Å². The Labute approximate surface area is 149 Å². The van der Waals surface area contributed by atoms with Gasteiger partial charge < -0.3 is 10.0 Å². The van der Waals surface area contributed by atoms with Crippen molar-refractivity contribution in [2.24, 2.45) is 5.41 Å². The van der Waals surface area contributed by atoms with Gasteiger partial charge in [0, 0.05) is 24.2 Å². The molecule has 132 valence electrons. The number of hydrogen-bond donors (Lipinski definition) is 1. The van der Waals surface area contributed by atoms with Gasteiger partial charge in [-0.25, -0.2) is 4.98 Å². The average molecular weight is 338 g/mol. The predicted octanol–water partition coefficient (Wildman–Crippen LogP) is 3.16. The number of amides is 1. The van der Waals surface area contributed by atoms with Crippen molar-refractivity contribution in [2.75, 3.05) is 19.7 Å². The van der Waals surface area contributed by atoms with Crippen LogP contribution in [0.2, 0.25) is 0 Å². The van der Waals surface area contributed by atoms with Gasteiger partial charge in [-0.05, 0) is 56.4 Å². The molecule has 1 aliphatic heterocycles. The highest BCUT2D eigenvalue weighted by Gasteiger charge is 2.37. The average Bonchev–Trinajstić information content (AvgIpc) is 2.63. The number of benzene rings is 1. The fraction of sp³-hybridized carbons (Fsp3) is 0.429. The molecule has 25 heavy (non-hydrogen) atoms. The number of aryl methyl sites for hydroxylation is 2. The van der Waals surface area contributed by atoms with Crippen molar-refractivity contribution in [2.45, 2.75) is 33.1 Å². The van der Waals surface area contributed by atoms with E-state index in [4.69, 9.17) is 0 Å². The number of pyridine rings is 1. The first-order valence-corrected chi connectivity index (χ1v) is 8.91. The summed E-state index contributed by atoms with van der Waals surface area (Å²) in [5.74, 6) is -0.0361. The predicted molar refractivity (Wildman–Crippen MR) is 98.5 cm³/mol. The zero-order valence-corrected chi connectivity index (χ0v) is 15.0. The molecule has 3 rings (SSSR count). The Morgan fingerprint density at radius 1 is 1.20 bits per heavy atom. The lowest BCUT2D eigenvalue weighted by atomic mass is 9.75. The summed E-state index contributed by atoms with van der Waals surface area (Å²) in [6.45, 7) is 5.38. The Hall–Kier alpha value is -2.20. The van der Waals surface area contributed by atoms with Crippen LogP contribution in [0.4, 0.5) is 0 Å². The van der Waals surface area contributed by atoms with Crippen LogP contribution in [0.1, 0.15) is 40.2 Å². The van der Waals surface area contributed by atoms with Crippen molar-refractivity contribution in [1.29, 1.82) is 0 Å². The third kappa shape index (κ3) is 3.90. The molecule has 2 aromatic rings. The molecule has 0 unspecified atom stereocenters. The molecule has 2 heterocycles. The van der Waals surface area contributed by atoms with Crippen molar-refractivity contribution in [3.05, 3.63) is 65.0 Å². The van der Waals surface area contributed by atoms with Crippen LogP contribution in [-0.4, -0.2) is 40.6 Å². The molecule has 1 aromatic carbocycles. The van der Waals surface area contributed by atoms with E-state index < -0.39 is 0 Å². The molecule has 1 saturated heterocycles. The summed E-state index contributed by atoms with van der Waals surface area (Å²) in [5, 5.41) is 10.2. The highest BCUT2D eigenvalue weighted by Crippen LogP contribution is 2.34. The molecule has 0 aliphatic carbocycles. The molecule has 1 amide bonds. The molecular weight excluding hydrogens is 312 g/mol. The Kier molecular flexibility index (Phi) is 5.19. The number of hydrogen-bond acceptors (Lipinski definition) is 3. The van der Waals surface area contributed by atoms with Gasteiger partial charge >= 0.3 is 0 Å². The summed E-state index contributed by atoms with van der Waals surface area (Å²) in [4.78, 5) is 19.1. The second kappa shape index (κ2) is 7.36. The maximum Gasteiger partial charge on any atom is 0.272 e. The number of aromatic nitrogens is 1. The topological polar surface area (TPSA) is 53.4 Å². The van der Waals surface area contributed by atoms with Gasteiger partial charge in [0.15, 0.2) is 0 Å². The number of rotatable bonds is 4. The molecule has 1 atom stereocenters. The Morgan fingerprint density at radius 2 is 2.00 bits per heavy atom. The lowest BCUT2D eigenvalue weighted by Crippen LogP contribution is -2.49. The summed E-state index contributed by atoms with van der Waals surface area (Å²) in [6, 6.07) is 13.8. The van der Waals surface area contributed by atoms with Crippen LogP contribution in [-0.2, 0) is 6.42 Å². The molecule has 4 nitrogen and oxygen atoms in total. The van der Waals surface area contributed by atoms with Crippen LogP contribution in [0.25, 0.3) is 0 Å². The van der Waals surface area contributed by atoms with Gasteiger partial charge in [0.1, 0.15) is 5.69 Å². The number of aliphatic hydroxyl groups excluding tert-OH is 1. The highest BCUT2D eigenvalue weighted by molar-refractivity contribution is 5.92. The Morgan fingerprint density at radius 3 is 2.72 bits per heavy atom. The molecule has 1 N–H and O–H groups in total. The number of piperidine rings is 1. The fourth-order valence-electron chi connectivity index (χ4n) is 3.75. The summed E-state index contributed by atoms with van der Waals surface area (Å²) in [5.41, 5.74) is 3.55. The maximum atomic E-state index is 12.9. The third-order valence-corrected chi connectivity index (χ3v) is 5.22. The minimum atomic E-state index is -0.274. The second-order valence-electron chi connectivity index (χ2n) is 7.26. The molecular formula is C21H26N2O2. The van der Waals surface area contributed by atoms with Gasteiger partial charge in [-0.1, -0.05) is 30.3 Å². The van der Waals surface area contributed by atoms with Crippen LogP contribution >= 0.6 is 0 Å². The van der Waals surface area contributed by atoms with Crippen molar-refractivity contribution >= 4 is 5.91 Å². The minimum absolute atomic E-state index is 0.0361. The first kappa shape index (κ1) is 17.6. The molecule has 0 bridgehead atoms. The second-order valence-corrected chi connectivity index (χ2v) is 7.26. The van der Waals surface area contributed by atoms with Gasteiger partial charge in [-0.2, -0.15) is 0 Å². The molecule has 0 saturated carbocycles. The van der Waals surface area contributed by atoms with Crippen molar-refractivity contribution in [3.63, 3.8) is 0 Å².